The Morgan fingerprint density at radius 3 is 1.30 bits per heavy atom. The van der Waals surface area contributed by atoms with Crippen LogP contribution in [-0.4, -0.2) is 23.7 Å². The molecule has 8 heteroatoms. The monoisotopic (exact) mass is 720 g/mol. The number of aryl methyl sites for hydroxylation is 1. The van der Waals surface area contributed by atoms with Gasteiger partial charge >= 0.3 is 11.7 Å². The molecule has 1 N–H and O–H groups in total. The molecule has 2 aromatic heterocycles. The Balaban J connectivity index is 1.16. The first-order chi connectivity index (χ1) is 26.8. The smallest absolute Gasteiger partial charge is 0.311 e. The van der Waals surface area contributed by atoms with Crippen molar-refractivity contribution in [2.24, 2.45) is 0 Å². The van der Waals surface area contributed by atoms with Crippen molar-refractivity contribution in [3.05, 3.63) is 170 Å². The predicted molar refractivity (Wildman–Crippen MR) is 225 cm³/mol. The molecule has 262 valence electrons. The first-order valence-electron chi connectivity index (χ1n) is 18.4. The van der Waals surface area contributed by atoms with Crippen LogP contribution in [0.3, 0.4) is 0 Å². The number of aromatic nitrogens is 5. The molecule has 7 aromatic carbocycles. The van der Waals surface area contributed by atoms with E-state index in [9.17, 15) is 0 Å². The Hall–Kier alpha value is -6.64. The third kappa shape index (κ3) is 6.27. The molecule has 7 nitrogen and oxygen atoms in total. The zero-order valence-corrected chi connectivity index (χ0v) is 30.7. The Morgan fingerprint density at radius 2 is 0.870 bits per heavy atom. The van der Waals surface area contributed by atoms with Gasteiger partial charge in [-0.15, -0.1) is 4.37 Å². The van der Waals surface area contributed by atoms with Crippen LogP contribution < -0.4 is 9.80 Å². The van der Waals surface area contributed by atoms with Crippen molar-refractivity contribution < 1.29 is 0 Å². The molecule has 0 bridgehead atoms. The van der Waals surface area contributed by atoms with E-state index in [1.54, 1.807) is 0 Å². The van der Waals surface area contributed by atoms with Gasteiger partial charge in [-0.1, -0.05) is 110 Å². The van der Waals surface area contributed by atoms with Crippen molar-refractivity contribution in [3.8, 4) is 22.3 Å². The molecule has 0 aliphatic rings. The van der Waals surface area contributed by atoms with Gasteiger partial charge in [0, 0.05) is 49.6 Å². The van der Waals surface area contributed by atoms with Crippen LogP contribution in [0.15, 0.2) is 170 Å². The molecule has 0 saturated carbocycles. The summed E-state index contributed by atoms with van der Waals surface area (Å²) in [6.45, 7) is 2.94. The summed E-state index contributed by atoms with van der Waals surface area (Å²) in [5, 5.41) is 10.3. The van der Waals surface area contributed by atoms with Gasteiger partial charge in [0.1, 0.15) is 16.6 Å². The molecule has 2 heterocycles. The zero-order valence-electron chi connectivity index (χ0n) is 29.9. The van der Waals surface area contributed by atoms with Gasteiger partial charge in [-0.2, -0.15) is 15.0 Å². The summed E-state index contributed by atoms with van der Waals surface area (Å²) < 4.78 is 8.51. The lowest BCUT2D eigenvalue weighted by atomic mass is 9.95. The normalized spacial score (nSPS) is 11.3. The molecule has 54 heavy (non-hydrogen) atoms. The Bertz CT molecular complexity index is 2370. The number of H-pyrrole nitrogens is 1. The second-order valence-corrected chi connectivity index (χ2v) is 13.8. The lowest BCUT2D eigenvalue weighted by Gasteiger charge is -2.25. The van der Waals surface area contributed by atoms with Crippen LogP contribution in [0, 0.1) is 0 Å². The third-order valence-corrected chi connectivity index (χ3v) is 10.3. The fourth-order valence-corrected chi connectivity index (χ4v) is 7.78. The van der Waals surface area contributed by atoms with E-state index in [2.05, 4.69) is 167 Å². The molecule has 9 rings (SSSR count). The number of nitrogens with one attached hydrogen (secondary N) is 1. The van der Waals surface area contributed by atoms with E-state index in [0.29, 0.717) is 0 Å². The zero-order chi connectivity index (χ0) is 36.3. The molecule has 0 radical (unpaired) electrons. The number of hydrogen-bond donors (Lipinski definition) is 1. The van der Waals surface area contributed by atoms with E-state index in [1.807, 2.05) is 29.1 Å². The van der Waals surface area contributed by atoms with Crippen LogP contribution in [0.5, 0.6) is 0 Å². The minimum atomic E-state index is 0.748. The van der Waals surface area contributed by atoms with Gasteiger partial charge in [0.2, 0.25) is 0 Å². The summed E-state index contributed by atoms with van der Waals surface area (Å²) in [7, 11) is 0. The highest BCUT2D eigenvalue weighted by atomic mass is 32.1. The Kier molecular flexibility index (Phi) is 9.08. The molecular formula is C46H38N7S+. The molecular weight excluding hydrogens is 683 g/mol. The molecule has 0 fully saturated rings. The van der Waals surface area contributed by atoms with Crippen molar-refractivity contribution in [2.45, 2.75) is 26.3 Å². The van der Waals surface area contributed by atoms with Gasteiger partial charge < -0.3 is 9.80 Å². The third-order valence-electron chi connectivity index (χ3n) is 9.73. The maximum absolute atomic E-state index is 5.16. The van der Waals surface area contributed by atoms with Crippen molar-refractivity contribution in [1.82, 2.24) is 23.7 Å². The van der Waals surface area contributed by atoms with E-state index in [0.717, 1.165) is 97.8 Å². The van der Waals surface area contributed by atoms with E-state index < -0.39 is 0 Å². The van der Waals surface area contributed by atoms with E-state index >= 15 is 0 Å². The van der Waals surface area contributed by atoms with Crippen molar-refractivity contribution in [1.29, 1.82) is 0 Å². The topological polar surface area (TPSA) is 65.9 Å². The van der Waals surface area contributed by atoms with Gasteiger partial charge in [0.25, 0.3) is 0 Å². The highest BCUT2D eigenvalue weighted by molar-refractivity contribution is 7.00. The number of fused-ring (bicyclic) bond motifs is 2. The summed E-state index contributed by atoms with van der Waals surface area (Å²) in [5.41, 5.74) is 14.2. The Labute approximate surface area is 318 Å². The molecule has 0 atom stereocenters. The molecule has 0 spiro atoms. The number of nitrogens with zero attached hydrogens (tertiary/aromatic N) is 6. The van der Waals surface area contributed by atoms with E-state index in [1.165, 1.54) is 11.7 Å². The lowest BCUT2D eigenvalue weighted by molar-refractivity contribution is 0.514. The quantitative estimate of drug-likeness (QED) is 0.135. The van der Waals surface area contributed by atoms with Crippen LogP contribution in [0.4, 0.5) is 34.1 Å². The highest BCUT2D eigenvalue weighted by Gasteiger charge is 2.27. The fraction of sp³-hybridized carbons (Fsp3) is 0.0870. The summed E-state index contributed by atoms with van der Waals surface area (Å²) in [6, 6.07) is 59.4. The summed E-state index contributed by atoms with van der Waals surface area (Å²) in [6.07, 6.45) is 2.06. The minimum absolute atomic E-state index is 0.748. The van der Waals surface area contributed by atoms with Crippen LogP contribution in [0.2, 0.25) is 0 Å². The number of anilines is 6. The van der Waals surface area contributed by atoms with Crippen LogP contribution in [-0.2, 0) is 6.54 Å². The van der Waals surface area contributed by atoms with E-state index in [-0.39, 0.29) is 0 Å². The first-order valence-corrected chi connectivity index (χ1v) is 19.1. The standard InChI is InChI=1S/C46H38N7S/c1-2-3-32-51-47-43-41(33-24-28-39(29-25-33)52(35-16-8-4-9-17-35)36-18-10-5-11-19-36)45-46(50-54-49-45)42(44(43)48-51)34-26-30-40(31-27-34)53(37-20-12-6-13-21-37)38-22-14-7-15-23-38/h4-31H,2-3,32H2,1H3,(H,49,50)/q+1. The maximum Gasteiger partial charge on any atom is 0.479 e. The van der Waals surface area contributed by atoms with Crippen LogP contribution in [0.25, 0.3) is 44.3 Å². The lowest BCUT2D eigenvalue weighted by Crippen LogP contribution is -2.09. The van der Waals surface area contributed by atoms with Crippen molar-refractivity contribution >= 4 is 67.9 Å². The second-order valence-electron chi connectivity index (χ2n) is 13.2. The number of benzene rings is 7. The van der Waals surface area contributed by atoms with Gasteiger partial charge in [-0.05, 0) is 90.3 Å². The maximum atomic E-state index is 5.16. The average molecular weight is 721 g/mol. The van der Waals surface area contributed by atoms with Gasteiger partial charge in [0.05, 0.1) is 6.54 Å². The van der Waals surface area contributed by atoms with Gasteiger partial charge in [-0.25, -0.2) is 0 Å². The number of rotatable bonds is 11. The Morgan fingerprint density at radius 1 is 0.481 bits per heavy atom. The molecule has 0 aliphatic carbocycles. The summed E-state index contributed by atoms with van der Waals surface area (Å²) in [5.74, 6) is 0. The second kappa shape index (κ2) is 14.8. The average Bonchev–Trinajstić information content (AvgIpc) is 3.89. The van der Waals surface area contributed by atoms with Gasteiger partial charge in [0.15, 0.2) is 5.52 Å². The van der Waals surface area contributed by atoms with E-state index in [4.69, 9.17) is 14.6 Å². The van der Waals surface area contributed by atoms with Crippen molar-refractivity contribution in [3.63, 3.8) is 0 Å². The van der Waals surface area contributed by atoms with Crippen molar-refractivity contribution in [2.75, 3.05) is 9.80 Å². The number of aromatic amines is 1. The number of hydrogen-bond acceptors (Lipinski definition) is 5. The first kappa shape index (κ1) is 33.2. The molecule has 0 amide bonds. The summed E-state index contributed by atoms with van der Waals surface area (Å²) in [4.78, 5) is 6.42. The largest absolute Gasteiger partial charge is 0.479 e. The number of para-hydroxylation sites is 4. The fourth-order valence-electron chi connectivity index (χ4n) is 7.17. The van der Waals surface area contributed by atoms with Gasteiger partial charge in [-0.3, -0.25) is 0 Å². The molecule has 0 unspecified atom stereocenters. The molecule has 9 aromatic rings. The molecule has 0 saturated heterocycles. The summed E-state index contributed by atoms with van der Waals surface area (Å²) >= 11 is 1.35. The highest BCUT2D eigenvalue weighted by Crippen LogP contribution is 2.44. The van der Waals surface area contributed by atoms with Crippen LogP contribution >= 0.6 is 11.7 Å². The number of unbranched alkanes of at least 4 members (excludes halogenated alkanes) is 1. The minimum Gasteiger partial charge on any atom is -0.311 e. The SMILES string of the molecule is CCCCn1nc2c(-c3ccc(N(c4ccccc4)c4ccccc4)cc3)c3n[s+][nH]c3c(-c3ccc(N(c4ccccc4)c4ccccc4)cc3)c2n1. The molecule has 0 aliphatic heterocycles. The predicted octanol–water partition coefficient (Wildman–Crippen LogP) is 12.7. The van der Waals surface area contributed by atoms with Crippen LogP contribution in [0.1, 0.15) is 19.8 Å².